The number of carbonyl (C=O) groups excluding carboxylic acids is 2. The fourth-order valence-electron chi connectivity index (χ4n) is 2.78. The topological polar surface area (TPSA) is 52.6 Å². The van der Waals surface area contributed by atoms with Gasteiger partial charge in [-0.25, -0.2) is 0 Å². The Morgan fingerprint density at radius 2 is 1.41 bits per heavy atom. The number of rotatable bonds is 8. The zero-order valence-electron chi connectivity index (χ0n) is 14.6. The molecule has 4 heteroatoms. The number of hydrogen-bond acceptors (Lipinski definition) is 4. The van der Waals surface area contributed by atoms with E-state index in [0.717, 1.165) is 12.8 Å². The zero-order chi connectivity index (χ0) is 16.5. The van der Waals surface area contributed by atoms with E-state index in [0.29, 0.717) is 0 Å². The van der Waals surface area contributed by atoms with Gasteiger partial charge in [-0.05, 0) is 33.1 Å². The smallest absolute Gasteiger partial charge is 0.312 e. The first-order valence-corrected chi connectivity index (χ1v) is 8.92. The van der Waals surface area contributed by atoms with Gasteiger partial charge >= 0.3 is 11.9 Å². The highest BCUT2D eigenvalue weighted by Crippen LogP contribution is 2.27. The van der Waals surface area contributed by atoms with Crippen LogP contribution in [0.2, 0.25) is 0 Å². The molecule has 2 aliphatic heterocycles. The van der Waals surface area contributed by atoms with Gasteiger partial charge in [0.25, 0.3) is 0 Å². The number of esters is 2. The molecule has 4 nitrogen and oxygen atoms in total. The first-order chi connectivity index (χ1) is 10.5. The van der Waals surface area contributed by atoms with Crippen molar-refractivity contribution in [2.45, 2.75) is 91.3 Å². The fourth-order valence-corrected chi connectivity index (χ4v) is 2.78. The number of unbranched alkanes of at least 4 members (excludes halogenated alkanes) is 4. The standard InChI is InChI=1S/2C9H16O2/c1-3-4-5-6-8-7(2)11-9(8)10;1-3-4-5-6-8-7(2)9(10)11-8/h2*7-8H,3-6H2,1-2H3/t2*7-,8+/m10/s1. The van der Waals surface area contributed by atoms with Crippen molar-refractivity contribution in [2.75, 3.05) is 0 Å². The second-order valence-electron chi connectivity index (χ2n) is 6.50. The van der Waals surface area contributed by atoms with Crippen LogP contribution in [0.5, 0.6) is 0 Å². The van der Waals surface area contributed by atoms with Crippen LogP contribution in [-0.4, -0.2) is 24.1 Å². The summed E-state index contributed by atoms with van der Waals surface area (Å²) in [6.07, 6.45) is 9.78. The minimum Gasteiger partial charge on any atom is -0.461 e. The van der Waals surface area contributed by atoms with Gasteiger partial charge in [0.05, 0.1) is 11.8 Å². The van der Waals surface area contributed by atoms with E-state index in [1.807, 2.05) is 13.8 Å². The van der Waals surface area contributed by atoms with Gasteiger partial charge in [0.2, 0.25) is 0 Å². The summed E-state index contributed by atoms with van der Waals surface area (Å²) < 4.78 is 9.80. The molecule has 0 amide bonds. The Hall–Kier alpha value is -1.06. The summed E-state index contributed by atoms with van der Waals surface area (Å²) in [7, 11) is 0. The summed E-state index contributed by atoms with van der Waals surface area (Å²) in [4.78, 5) is 21.5. The molecule has 2 rings (SSSR count). The molecule has 0 aromatic carbocycles. The van der Waals surface area contributed by atoms with Crippen molar-refractivity contribution in [2.24, 2.45) is 11.8 Å². The van der Waals surface area contributed by atoms with E-state index in [2.05, 4.69) is 13.8 Å². The molecule has 0 aromatic heterocycles. The summed E-state index contributed by atoms with van der Waals surface area (Å²) in [5, 5.41) is 0. The molecule has 4 atom stereocenters. The van der Waals surface area contributed by atoms with E-state index in [-0.39, 0.29) is 36.0 Å². The first kappa shape index (κ1) is 19.0. The van der Waals surface area contributed by atoms with Crippen molar-refractivity contribution in [3.05, 3.63) is 0 Å². The lowest BCUT2D eigenvalue weighted by Crippen LogP contribution is -2.42. The van der Waals surface area contributed by atoms with Crippen LogP contribution in [0.4, 0.5) is 0 Å². The van der Waals surface area contributed by atoms with Crippen LogP contribution in [0.15, 0.2) is 0 Å². The Morgan fingerprint density at radius 3 is 1.82 bits per heavy atom. The Bertz CT molecular complexity index is 353. The van der Waals surface area contributed by atoms with Gasteiger partial charge in [-0.3, -0.25) is 9.59 Å². The number of ether oxygens (including phenoxy) is 2. The summed E-state index contributed by atoms with van der Waals surface area (Å²) >= 11 is 0. The van der Waals surface area contributed by atoms with E-state index in [1.165, 1.54) is 38.5 Å². The lowest BCUT2D eigenvalue weighted by atomic mass is 9.92. The van der Waals surface area contributed by atoms with Crippen LogP contribution in [0, 0.1) is 11.8 Å². The predicted molar refractivity (Wildman–Crippen MR) is 86.4 cm³/mol. The first-order valence-electron chi connectivity index (χ1n) is 8.92. The highest BCUT2D eigenvalue weighted by atomic mass is 16.6. The average molecular weight is 312 g/mol. The van der Waals surface area contributed by atoms with Crippen LogP contribution in [0.1, 0.15) is 79.1 Å². The maximum Gasteiger partial charge on any atom is 0.312 e. The molecule has 2 heterocycles. The fraction of sp³-hybridized carbons (Fsp3) is 0.889. The number of carbonyl (C=O) groups is 2. The predicted octanol–water partition coefficient (Wildman–Crippen LogP) is 4.26. The van der Waals surface area contributed by atoms with Gasteiger partial charge in [-0.15, -0.1) is 0 Å². The van der Waals surface area contributed by atoms with Crippen molar-refractivity contribution in [3.8, 4) is 0 Å². The molecular weight excluding hydrogens is 280 g/mol. The van der Waals surface area contributed by atoms with Crippen LogP contribution in [-0.2, 0) is 19.1 Å². The zero-order valence-corrected chi connectivity index (χ0v) is 14.6. The minimum absolute atomic E-state index is 0.00797. The molecule has 128 valence electrons. The molecule has 0 bridgehead atoms. The molecule has 0 N–H and O–H groups in total. The Labute approximate surface area is 134 Å². The molecule has 0 aromatic rings. The lowest BCUT2D eigenvalue weighted by molar-refractivity contribution is -0.183. The van der Waals surface area contributed by atoms with Gasteiger partial charge in [0.1, 0.15) is 12.2 Å². The van der Waals surface area contributed by atoms with Crippen LogP contribution < -0.4 is 0 Å². The van der Waals surface area contributed by atoms with Crippen molar-refractivity contribution in [1.29, 1.82) is 0 Å². The van der Waals surface area contributed by atoms with Crippen molar-refractivity contribution >= 4 is 11.9 Å². The molecule has 0 aliphatic carbocycles. The summed E-state index contributed by atoms with van der Waals surface area (Å²) in [5.41, 5.74) is 0. The van der Waals surface area contributed by atoms with Gasteiger partial charge in [0.15, 0.2) is 0 Å². The monoisotopic (exact) mass is 312 g/mol. The van der Waals surface area contributed by atoms with Gasteiger partial charge in [-0.2, -0.15) is 0 Å². The number of hydrogen-bond donors (Lipinski definition) is 0. The van der Waals surface area contributed by atoms with Crippen molar-refractivity contribution in [3.63, 3.8) is 0 Å². The normalized spacial score (nSPS) is 29.5. The van der Waals surface area contributed by atoms with E-state index in [9.17, 15) is 9.59 Å². The second-order valence-corrected chi connectivity index (χ2v) is 6.50. The third-order valence-electron chi connectivity index (χ3n) is 4.58. The highest BCUT2D eigenvalue weighted by molar-refractivity contribution is 5.78. The Kier molecular flexibility index (Phi) is 8.51. The van der Waals surface area contributed by atoms with Gasteiger partial charge in [0, 0.05) is 0 Å². The summed E-state index contributed by atoms with van der Waals surface area (Å²) in [6.45, 7) is 8.26. The maximum atomic E-state index is 10.8. The average Bonchev–Trinajstić information content (AvgIpc) is 2.51. The highest BCUT2D eigenvalue weighted by Gasteiger charge is 2.38. The molecule has 2 saturated heterocycles. The maximum absolute atomic E-state index is 10.8. The van der Waals surface area contributed by atoms with Crippen molar-refractivity contribution in [1.82, 2.24) is 0 Å². The molecule has 22 heavy (non-hydrogen) atoms. The molecule has 2 aliphatic rings. The van der Waals surface area contributed by atoms with Crippen molar-refractivity contribution < 1.29 is 19.1 Å². The van der Waals surface area contributed by atoms with Crippen LogP contribution in [0.25, 0.3) is 0 Å². The van der Waals surface area contributed by atoms with E-state index < -0.39 is 0 Å². The van der Waals surface area contributed by atoms with E-state index >= 15 is 0 Å². The Balaban J connectivity index is 0.000000220. The summed E-state index contributed by atoms with van der Waals surface area (Å²) in [6, 6.07) is 0. The molecule has 0 saturated carbocycles. The van der Waals surface area contributed by atoms with Gasteiger partial charge < -0.3 is 9.47 Å². The van der Waals surface area contributed by atoms with Crippen LogP contribution in [0.3, 0.4) is 0 Å². The van der Waals surface area contributed by atoms with Crippen LogP contribution >= 0.6 is 0 Å². The van der Waals surface area contributed by atoms with E-state index in [1.54, 1.807) is 0 Å². The van der Waals surface area contributed by atoms with Gasteiger partial charge in [-0.1, -0.05) is 46.0 Å². The molecule has 0 radical (unpaired) electrons. The third-order valence-corrected chi connectivity index (χ3v) is 4.58. The quantitative estimate of drug-likeness (QED) is 0.496. The molecular formula is C18H32O4. The Morgan fingerprint density at radius 1 is 0.818 bits per heavy atom. The van der Waals surface area contributed by atoms with E-state index in [4.69, 9.17) is 9.47 Å². The second kappa shape index (κ2) is 9.86. The SMILES string of the molecule is CCCCC[C@@H]1C(=O)O[C@@H]1C.CCCCC[C@H]1OC(=O)[C@H]1C. The lowest BCUT2D eigenvalue weighted by Gasteiger charge is -2.32. The number of cyclic esters (lactones) is 2. The molecule has 2 fully saturated rings. The third kappa shape index (κ3) is 5.62. The molecule has 0 unspecified atom stereocenters. The minimum atomic E-state index is -0.0218. The summed E-state index contributed by atoms with van der Waals surface area (Å²) in [5.74, 6) is 0.355. The largest absolute Gasteiger partial charge is 0.461 e. The molecule has 0 spiro atoms.